The first-order valence-electron chi connectivity index (χ1n) is 12.3. The van der Waals surface area contributed by atoms with Crippen LogP contribution in [0.3, 0.4) is 0 Å². The Kier molecular flexibility index (Phi) is 10.8. The molecule has 1 atom stereocenters. The minimum Gasteiger partial charge on any atom is -0.395 e. The Bertz CT molecular complexity index is 1330. The molecule has 10 nitrogen and oxygen atoms in total. The zero-order valence-electron chi connectivity index (χ0n) is 22.5. The molecule has 0 saturated heterocycles. The van der Waals surface area contributed by atoms with Crippen LogP contribution in [0.2, 0.25) is 0 Å². The lowest BCUT2D eigenvalue weighted by atomic mass is 10.2. The number of amides is 2. The number of rotatable bonds is 13. The highest BCUT2D eigenvalue weighted by Gasteiger charge is 2.60. The minimum absolute atomic E-state index is 0.0167. The van der Waals surface area contributed by atoms with E-state index in [0.717, 1.165) is 6.92 Å². The molecule has 0 aromatic carbocycles. The molecule has 1 aromatic rings. The summed E-state index contributed by atoms with van der Waals surface area (Å²) in [6, 6.07) is 0.308. The fraction of sp³-hybridized carbons (Fsp3) is 0.423. The third kappa shape index (κ3) is 7.58. The van der Waals surface area contributed by atoms with Crippen LogP contribution in [0, 0.1) is 0 Å². The Labute approximate surface area is 231 Å². The first-order chi connectivity index (χ1) is 18.7. The van der Waals surface area contributed by atoms with E-state index in [1.54, 1.807) is 13.8 Å². The maximum Gasteiger partial charge on any atom is 0.417 e. The number of allylic oxidation sites excluding steroid dienone is 7. The topological polar surface area (TPSA) is 154 Å². The van der Waals surface area contributed by atoms with Crippen molar-refractivity contribution in [1.82, 2.24) is 20.6 Å². The van der Waals surface area contributed by atoms with Gasteiger partial charge in [0, 0.05) is 29.9 Å². The second-order valence-electron chi connectivity index (χ2n) is 9.09. The molecule has 0 radical (unpaired) electrons. The van der Waals surface area contributed by atoms with Gasteiger partial charge in [0.2, 0.25) is 0 Å². The number of aliphatic hydroxyl groups is 2. The molecular formula is C26H34F3N5O5S. The lowest BCUT2D eigenvalue weighted by molar-refractivity contribution is -0.0887. The number of nitrogens with one attached hydrogen (secondary N) is 3. The molecule has 1 saturated carbocycles. The van der Waals surface area contributed by atoms with Crippen molar-refractivity contribution in [2.24, 2.45) is 0 Å². The Morgan fingerprint density at radius 3 is 2.40 bits per heavy atom. The van der Waals surface area contributed by atoms with E-state index < -0.39 is 43.3 Å². The van der Waals surface area contributed by atoms with Gasteiger partial charge in [-0.05, 0) is 45.8 Å². The van der Waals surface area contributed by atoms with E-state index in [9.17, 15) is 31.5 Å². The monoisotopic (exact) mass is 585 g/mol. The molecule has 1 heterocycles. The third-order valence-electron chi connectivity index (χ3n) is 6.00. The van der Waals surface area contributed by atoms with Gasteiger partial charge in [-0.15, -0.1) is 0 Å². The maximum atomic E-state index is 13.5. The molecule has 1 aliphatic carbocycles. The summed E-state index contributed by atoms with van der Waals surface area (Å²) in [5, 5.41) is 26.2. The van der Waals surface area contributed by atoms with Crippen molar-refractivity contribution in [3.63, 3.8) is 0 Å². The van der Waals surface area contributed by atoms with Crippen molar-refractivity contribution in [2.45, 2.75) is 50.6 Å². The summed E-state index contributed by atoms with van der Waals surface area (Å²) < 4.78 is 66.0. The fourth-order valence-corrected chi connectivity index (χ4v) is 5.72. The standard InChI is InChI=1S/C26H34F3N5O5S/c1-6-19(9-8-16(3)32-24(37)30-12-13-35)23-33-21(14-22(34-23)31-17(4)15-36)25(10-11-25)40(38,39)18(5)20(7-2)26(27,28)29/h6-9,14,17,35-36H,1,5,10-13,15H2,2-4H3,(H2,30,32,37)(H,31,33,34)/b16-8+,19-9+,20-7+/t17-/m0/s1. The Morgan fingerprint density at radius 1 is 1.25 bits per heavy atom. The van der Waals surface area contributed by atoms with Gasteiger partial charge in [0.15, 0.2) is 15.7 Å². The number of hydrogen-bond acceptors (Lipinski definition) is 8. The Hall–Kier alpha value is -3.49. The van der Waals surface area contributed by atoms with Crippen molar-refractivity contribution < 1.29 is 36.6 Å². The highest BCUT2D eigenvalue weighted by Crippen LogP contribution is 2.56. The molecule has 0 spiro atoms. The first-order valence-corrected chi connectivity index (χ1v) is 13.8. The average molecular weight is 586 g/mol. The van der Waals surface area contributed by atoms with Crippen LogP contribution < -0.4 is 16.0 Å². The van der Waals surface area contributed by atoms with Gasteiger partial charge in [-0.1, -0.05) is 25.3 Å². The quantitative estimate of drug-likeness (QED) is 0.221. The van der Waals surface area contributed by atoms with Crippen LogP contribution in [0.25, 0.3) is 5.57 Å². The molecule has 2 rings (SSSR count). The zero-order valence-corrected chi connectivity index (χ0v) is 23.3. The summed E-state index contributed by atoms with van der Waals surface area (Å²) in [7, 11) is -4.60. The van der Waals surface area contributed by atoms with E-state index in [4.69, 9.17) is 5.11 Å². The van der Waals surface area contributed by atoms with E-state index in [0.29, 0.717) is 17.3 Å². The molecule has 1 fully saturated rings. The number of alkyl halides is 3. The molecule has 0 aliphatic heterocycles. The van der Waals surface area contributed by atoms with Gasteiger partial charge in [0.25, 0.3) is 0 Å². The van der Waals surface area contributed by atoms with Gasteiger partial charge in [0.05, 0.1) is 29.4 Å². The molecule has 220 valence electrons. The van der Waals surface area contributed by atoms with E-state index in [1.165, 1.54) is 24.3 Å². The number of hydrogen-bond donors (Lipinski definition) is 5. The van der Waals surface area contributed by atoms with E-state index >= 15 is 0 Å². The number of aromatic nitrogens is 2. The maximum absolute atomic E-state index is 13.5. The summed E-state index contributed by atoms with van der Waals surface area (Å²) in [5.74, 6) is 0.161. The normalized spacial score (nSPS) is 16.6. The molecule has 14 heteroatoms. The molecule has 1 aromatic heterocycles. The zero-order chi connectivity index (χ0) is 30.3. The van der Waals surface area contributed by atoms with Crippen molar-refractivity contribution in [3.05, 3.63) is 71.2 Å². The van der Waals surface area contributed by atoms with Gasteiger partial charge in [-0.3, -0.25) is 0 Å². The van der Waals surface area contributed by atoms with Crippen LogP contribution in [0.1, 0.15) is 45.1 Å². The number of sulfone groups is 1. The van der Waals surface area contributed by atoms with Gasteiger partial charge in [0.1, 0.15) is 10.6 Å². The number of nitrogens with zero attached hydrogens (tertiary/aromatic N) is 2. The van der Waals surface area contributed by atoms with Crippen molar-refractivity contribution in [2.75, 3.05) is 25.1 Å². The third-order valence-corrected chi connectivity index (χ3v) is 8.51. The van der Waals surface area contributed by atoms with E-state index in [2.05, 4.69) is 39.1 Å². The summed E-state index contributed by atoms with van der Waals surface area (Å²) in [4.78, 5) is 19.6. The Balaban J connectivity index is 2.60. The summed E-state index contributed by atoms with van der Waals surface area (Å²) >= 11 is 0. The molecule has 2 amide bonds. The molecule has 1 aliphatic rings. The van der Waals surface area contributed by atoms with Crippen LogP contribution in [0.4, 0.5) is 23.8 Å². The number of aliphatic hydroxyl groups excluding tert-OH is 2. The lowest BCUT2D eigenvalue weighted by Gasteiger charge is -2.22. The molecule has 0 bridgehead atoms. The average Bonchev–Trinajstić information content (AvgIpc) is 3.70. The van der Waals surface area contributed by atoms with Crippen molar-refractivity contribution in [3.8, 4) is 0 Å². The van der Waals surface area contributed by atoms with Gasteiger partial charge < -0.3 is 26.2 Å². The number of urea groups is 1. The van der Waals surface area contributed by atoms with Crippen LogP contribution in [0.15, 0.2) is 59.7 Å². The molecule has 5 N–H and O–H groups in total. The SMILES string of the molecule is C=C/C(=C\C=C(/C)NC(=O)NCCO)c1nc(N[C@@H](C)CO)cc(C2(S(=O)(=O)C(=C)/C(=C\C)C(F)(F)F)CC2)n1. The first kappa shape index (κ1) is 32.7. The van der Waals surface area contributed by atoms with Crippen LogP contribution in [0.5, 0.6) is 0 Å². The summed E-state index contributed by atoms with van der Waals surface area (Å²) in [6.07, 6.45) is 0.220. The largest absolute Gasteiger partial charge is 0.417 e. The van der Waals surface area contributed by atoms with Gasteiger partial charge in [-0.25, -0.2) is 23.2 Å². The predicted octanol–water partition coefficient (Wildman–Crippen LogP) is 3.46. The van der Waals surface area contributed by atoms with Gasteiger partial charge >= 0.3 is 12.2 Å². The predicted molar refractivity (Wildman–Crippen MR) is 147 cm³/mol. The fourth-order valence-electron chi connectivity index (χ4n) is 3.70. The molecule has 40 heavy (non-hydrogen) atoms. The second-order valence-corrected chi connectivity index (χ2v) is 11.4. The second kappa shape index (κ2) is 13.2. The van der Waals surface area contributed by atoms with Crippen LogP contribution in [-0.2, 0) is 14.6 Å². The van der Waals surface area contributed by atoms with Gasteiger partial charge in [-0.2, -0.15) is 13.2 Å². The highest BCUT2D eigenvalue weighted by atomic mass is 32.2. The molecular weight excluding hydrogens is 551 g/mol. The van der Waals surface area contributed by atoms with E-state index in [-0.39, 0.29) is 49.9 Å². The smallest absolute Gasteiger partial charge is 0.395 e. The van der Waals surface area contributed by atoms with Crippen molar-refractivity contribution >= 4 is 27.3 Å². The Morgan fingerprint density at radius 2 is 1.90 bits per heavy atom. The number of anilines is 1. The minimum atomic E-state index is -4.92. The van der Waals surface area contributed by atoms with E-state index in [1.807, 2.05) is 0 Å². The summed E-state index contributed by atoms with van der Waals surface area (Å²) in [6.45, 7) is 10.9. The lowest BCUT2D eigenvalue weighted by Crippen LogP contribution is -2.35. The van der Waals surface area contributed by atoms with Crippen LogP contribution >= 0.6 is 0 Å². The summed E-state index contributed by atoms with van der Waals surface area (Å²) in [5.41, 5.74) is -0.654. The number of halogens is 3. The highest BCUT2D eigenvalue weighted by molar-refractivity contribution is 7.96. The number of carbonyl (C=O) groups is 1. The van der Waals surface area contributed by atoms with Crippen molar-refractivity contribution in [1.29, 1.82) is 0 Å². The van der Waals surface area contributed by atoms with Crippen LogP contribution in [-0.4, -0.2) is 66.6 Å². The number of carbonyl (C=O) groups excluding carboxylic acids is 1. The molecule has 0 unspecified atom stereocenters.